The van der Waals surface area contributed by atoms with E-state index in [1.807, 2.05) is 0 Å². The molecule has 0 fully saturated rings. The number of nitro groups is 1. The van der Waals surface area contributed by atoms with Gasteiger partial charge in [-0.05, 0) is 35.4 Å². The first kappa shape index (κ1) is 21.0. The van der Waals surface area contributed by atoms with Crippen LogP contribution in [-0.2, 0) is 12.7 Å². The number of halogens is 3. The molecule has 0 amide bonds. The first-order valence-electron chi connectivity index (χ1n) is 9.45. The lowest BCUT2D eigenvalue weighted by Crippen LogP contribution is -2.28. The number of hydrogen-bond acceptors (Lipinski definition) is 5. The molecule has 0 saturated heterocycles. The minimum atomic E-state index is -4.47. The average Bonchev–Trinajstić information content (AvgIpc) is 3.32. The maximum Gasteiger partial charge on any atom is 0.416 e. The van der Waals surface area contributed by atoms with E-state index in [1.165, 1.54) is 35.5 Å². The van der Waals surface area contributed by atoms with Gasteiger partial charge < -0.3 is 0 Å². The number of alkyl halides is 3. The first-order chi connectivity index (χ1) is 15.3. The largest absolute Gasteiger partial charge is 0.416 e. The summed E-state index contributed by atoms with van der Waals surface area (Å²) in [7, 11) is 0. The molecule has 3 aromatic carbocycles. The van der Waals surface area contributed by atoms with E-state index in [0.29, 0.717) is 22.4 Å². The lowest BCUT2D eigenvalue weighted by atomic mass is 10.0. The van der Waals surface area contributed by atoms with Crippen LogP contribution in [0.25, 0.3) is 11.1 Å². The van der Waals surface area contributed by atoms with E-state index in [4.69, 9.17) is 0 Å². The summed E-state index contributed by atoms with van der Waals surface area (Å²) in [5.41, 5.74) is 1.11. The third kappa shape index (κ3) is 4.43. The Morgan fingerprint density at radius 1 is 0.938 bits per heavy atom. The molecule has 0 atom stereocenters. The number of nitrogens with zero attached hydrogens (tertiary/aromatic N) is 5. The molecule has 4 aromatic rings. The van der Waals surface area contributed by atoms with E-state index in [0.717, 1.165) is 12.1 Å². The topological polar surface area (TPSA) is 77.1 Å². The zero-order chi connectivity index (χ0) is 22.7. The molecule has 0 spiro atoms. The van der Waals surface area contributed by atoms with Crippen molar-refractivity contribution in [2.24, 2.45) is 0 Å². The smallest absolute Gasteiger partial charge is 0.274 e. The van der Waals surface area contributed by atoms with E-state index in [-0.39, 0.29) is 12.2 Å². The van der Waals surface area contributed by atoms with Gasteiger partial charge in [-0.3, -0.25) is 15.1 Å². The average molecular weight is 439 g/mol. The highest BCUT2D eigenvalue weighted by atomic mass is 19.4. The van der Waals surface area contributed by atoms with Crippen molar-refractivity contribution >= 4 is 11.4 Å². The lowest BCUT2D eigenvalue weighted by Gasteiger charge is -2.26. The second-order valence-corrected chi connectivity index (χ2v) is 6.92. The van der Waals surface area contributed by atoms with Gasteiger partial charge in [0.05, 0.1) is 28.3 Å². The second-order valence-electron chi connectivity index (χ2n) is 6.92. The van der Waals surface area contributed by atoms with Crippen molar-refractivity contribution in [3.63, 3.8) is 0 Å². The van der Waals surface area contributed by atoms with E-state index >= 15 is 0 Å². The van der Waals surface area contributed by atoms with Crippen molar-refractivity contribution < 1.29 is 18.1 Å². The van der Waals surface area contributed by atoms with Gasteiger partial charge in [0.15, 0.2) is 0 Å². The van der Waals surface area contributed by atoms with Gasteiger partial charge in [0.25, 0.3) is 5.69 Å². The predicted molar refractivity (Wildman–Crippen MR) is 112 cm³/mol. The predicted octanol–water partition coefficient (Wildman–Crippen LogP) is 5.34. The van der Waals surface area contributed by atoms with Gasteiger partial charge in [0, 0.05) is 6.07 Å². The van der Waals surface area contributed by atoms with Crippen LogP contribution in [0.15, 0.2) is 85.5 Å². The van der Waals surface area contributed by atoms with Crippen molar-refractivity contribution in [1.29, 1.82) is 0 Å². The summed E-state index contributed by atoms with van der Waals surface area (Å²) in [6, 6.07) is 18.4. The molecule has 10 heteroatoms. The van der Waals surface area contributed by atoms with Crippen LogP contribution in [0.4, 0.5) is 24.5 Å². The standard InChI is InChI=1S/C22H16F3N5O2/c23-22(24,25)18-8-4-5-16(11-18)13-29(28-14-26-27-15-28)19-9-10-21(30(31)32)20(12-19)17-6-2-1-3-7-17/h1-12,14-15H,13H2. The first-order valence-corrected chi connectivity index (χ1v) is 9.45. The Bertz CT molecular complexity index is 1230. The Morgan fingerprint density at radius 3 is 2.31 bits per heavy atom. The highest BCUT2D eigenvalue weighted by molar-refractivity contribution is 5.77. The highest BCUT2D eigenvalue weighted by Crippen LogP contribution is 2.35. The summed E-state index contributed by atoms with van der Waals surface area (Å²) < 4.78 is 41.0. The molecule has 0 N–H and O–H groups in total. The number of rotatable bonds is 6. The van der Waals surface area contributed by atoms with E-state index in [1.54, 1.807) is 47.5 Å². The Morgan fingerprint density at radius 2 is 1.66 bits per heavy atom. The molecule has 0 unspecified atom stereocenters. The summed E-state index contributed by atoms with van der Waals surface area (Å²) in [6.45, 7) is 0.0496. The Hall–Kier alpha value is -4.21. The normalized spacial score (nSPS) is 11.3. The van der Waals surface area contributed by atoms with Crippen LogP contribution < -0.4 is 5.01 Å². The number of benzene rings is 3. The summed E-state index contributed by atoms with van der Waals surface area (Å²) in [5.74, 6) is 0. The lowest BCUT2D eigenvalue weighted by molar-refractivity contribution is -0.384. The van der Waals surface area contributed by atoms with Gasteiger partial charge in [-0.2, -0.15) is 13.2 Å². The van der Waals surface area contributed by atoms with Crippen molar-refractivity contribution in [3.05, 3.63) is 107 Å². The van der Waals surface area contributed by atoms with Crippen LogP contribution in [0.3, 0.4) is 0 Å². The van der Waals surface area contributed by atoms with Crippen LogP contribution >= 0.6 is 0 Å². The molecule has 162 valence electrons. The zero-order valence-electron chi connectivity index (χ0n) is 16.5. The summed E-state index contributed by atoms with van der Waals surface area (Å²) in [6.07, 6.45) is -1.67. The monoisotopic (exact) mass is 439 g/mol. The molecule has 0 aliphatic carbocycles. The number of nitro benzene ring substituents is 1. The molecule has 0 radical (unpaired) electrons. The fourth-order valence-electron chi connectivity index (χ4n) is 3.34. The van der Waals surface area contributed by atoms with Crippen LogP contribution in [0.2, 0.25) is 0 Å². The van der Waals surface area contributed by atoms with Crippen molar-refractivity contribution in [2.45, 2.75) is 12.7 Å². The molecule has 7 nitrogen and oxygen atoms in total. The van der Waals surface area contributed by atoms with Gasteiger partial charge in [-0.15, -0.1) is 10.2 Å². The molecule has 4 rings (SSSR count). The number of hydrogen-bond donors (Lipinski definition) is 0. The van der Waals surface area contributed by atoms with Gasteiger partial charge in [0.2, 0.25) is 0 Å². The maximum atomic E-state index is 13.2. The fourth-order valence-corrected chi connectivity index (χ4v) is 3.34. The third-order valence-corrected chi connectivity index (χ3v) is 4.83. The SMILES string of the molecule is O=[N+]([O-])c1ccc(N(Cc2cccc(C(F)(F)F)c2)n2cnnc2)cc1-c1ccccc1. The zero-order valence-corrected chi connectivity index (χ0v) is 16.5. The van der Waals surface area contributed by atoms with Crippen molar-refractivity contribution in [2.75, 3.05) is 5.01 Å². The van der Waals surface area contributed by atoms with E-state index in [2.05, 4.69) is 10.2 Å². The molecule has 0 aliphatic rings. The summed E-state index contributed by atoms with van der Waals surface area (Å²) >= 11 is 0. The van der Waals surface area contributed by atoms with E-state index < -0.39 is 16.7 Å². The van der Waals surface area contributed by atoms with Crippen molar-refractivity contribution in [1.82, 2.24) is 14.9 Å². The molecule has 1 heterocycles. The third-order valence-electron chi connectivity index (χ3n) is 4.83. The number of anilines is 1. The van der Waals surface area contributed by atoms with Crippen LogP contribution in [0.1, 0.15) is 11.1 Å². The van der Waals surface area contributed by atoms with Gasteiger partial charge in [-0.25, -0.2) is 4.68 Å². The van der Waals surface area contributed by atoms with Gasteiger partial charge in [0.1, 0.15) is 12.7 Å². The molecule has 0 bridgehead atoms. The number of aromatic nitrogens is 3. The van der Waals surface area contributed by atoms with Crippen LogP contribution in [-0.4, -0.2) is 19.8 Å². The molecule has 0 aliphatic heterocycles. The Balaban J connectivity index is 1.79. The van der Waals surface area contributed by atoms with Gasteiger partial charge in [-0.1, -0.05) is 42.5 Å². The Labute approximate surface area is 180 Å². The van der Waals surface area contributed by atoms with E-state index in [9.17, 15) is 23.3 Å². The molecular formula is C22H16F3N5O2. The summed E-state index contributed by atoms with van der Waals surface area (Å²) in [4.78, 5) is 11.1. The van der Waals surface area contributed by atoms with Crippen LogP contribution in [0.5, 0.6) is 0 Å². The summed E-state index contributed by atoms with van der Waals surface area (Å²) in [5, 5.41) is 20.8. The molecule has 32 heavy (non-hydrogen) atoms. The minimum Gasteiger partial charge on any atom is -0.274 e. The maximum absolute atomic E-state index is 13.2. The van der Waals surface area contributed by atoms with Crippen molar-refractivity contribution in [3.8, 4) is 11.1 Å². The molecule has 1 aromatic heterocycles. The molecule has 0 saturated carbocycles. The van der Waals surface area contributed by atoms with Crippen LogP contribution in [0, 0.1) is 10.1 Å². The second kappa shape index (κ2) is 8.50. The highest BCUT2D eigenvalue weighted by Gasteiger charge is 2.30. The van der Waals surface area contributed by atoms with Gasteiger partial charge >= 0.3 is 6.18 Å². The quantitative estimate of drug-likeness (QED) is 0.299. The fraction of sp³-hybridized carbons (Fsp3) is 0.0909. The Kier molecular flexibility index (Phi) is 5.59. The minimum absolute atomic E-state index is 0.0496. The molecular weight excluding hydrogens is 423 g/mol.